The fourth-order valence-corrected chi connectivity index (χ4v) is 1.87. The number of alkyl halides is 3. The van der Waals surface area contributed by atoms with Crippen molar-refractivity contribution in [2.45, 2.75) is 6.18 Å². The second-order valence-electron chi connectivity index (χ2n) is 3.63. The smallest absolute Gasteiger partial charge is 0.240 e. The highest BCUT2D eigenvalue weighted by Crippen LogP contribution is 2.36. The molecule has 1 heterocycles. The molecule has 2 aromatic rings. The van der Waals surface area contributed by atoms with E-state index in [4.69, 9.17) is 23.2 Å². The van der Waals surface area contributed by atoms with Crippen LogP contribution in [0.1, 0.15) is 5.69 Å². The molecule has 0 atom stereocenters. The quantitative estimate of drug-likeness (QED) is 0.659. The summed E-state index contributed by atoms with van der Waals surface area (Å²) in [7, 11) is 0. The molecule has 1 nitrogen and oxygen atoms in total. The van der Waals surface area contributed by atoms with Gasteiger partial charge in [-0.25, -0.2) is 9.37 Å². The Morgan fingerprint density at radius 1 is 1.00 bits per heavy atom. The number of hydrogen-bond donors (Lipinski definition) is 0. The van der Waals surface area contributed by atoms with Crippen molar-refractivity contribution >= 4 is 23.2 Å². The first-order valence-electron chi connectivity index (χ1n) is 4.99. The molecule has 100 valence electrons. The number of nitrogens with zero attached hydrogens (tertiary/aromatic N) is 1. The highest BCUT2D eigenvalue weighted by Gasteiger charge is 2.33. The zero-order valence-electron chi connectivity index (χ0n) is 9.10. The molecule has 0 fully saturated rings. The molecule has 0 aliphatic rings. The van der Waals surface area contributed by atoms with Crippen LogP contribution in [0.25, 0.3) is 11.3 Å². The van der Waals surface area contributed by atoms with Gasteiger partial charge in [-0.05, 0) is 18.2 Å². The van der Waals surface area contributed by atoms with Crippen LogP contribution in [0, 0.1) is 5.82 Å². The minimum atomic E-state index is -4.66. The van der Waals surface area contributed by atoms with Crippen LogP contribution in [0.4, 0.5) is 17.6 Å². The Morgan fingerprint density at radius 2 is 1.68 bits per heavy atom. The highest BCUT2D eigenvalue weighted by molar-refractivity contribution is 6.43. The molecular formula is C12H5Cl2F4N. The predicted octanol–water partition coefficient (Wildman–Crippen LogP) is 5.21. The highest BCUT2D eigenvalue weighted by atomic mass is 35.5. The third kappa shape index (κ3) is 2.82. The van der Waals surface area contributed by atoms with Gasteiger partial charge in [0, 0.05) is 5.56 Å². The molecule has 1 aromatic carbocycles. The Bertz CT molecular complexity index is 626. The van der Waals surface area contributed by atoms with Gasteiger partial charge in [-0.2, -0.15) is 13.2 Å². The summed E-state index contributed by atoms with van der Waals surface area (Å²) in [6, 6.07) is 5.50. The van der Waals surface area contributed by atoms with Crippen LogP contribution in [0.3, 0.4) is 0 Å². The van der Waals surface area contributed by atoms with Crippen molar-refractivity contribution in [2.24, 2.45) is 0 Å². The van der Waals surface area contributed by atoms with Crippen LogP contribution in [-0.2, 0) is 6.18 Å². The summed E-state index contributed by atoms with van der Waals surface area (Å²) >= 11 is 11.6. The van der Waals surface area contributed by atoms with E-state index in [0.717, 1.165) is 0 Å². The molecule has 0 radical (unpaired) electrons. The van der Waals surface area contributed by atoms with Gasteiger partial charge in [0.15, 0.2) is 0 Å². The lowest BCUT2D eigenvalue weighted by Crippen LogP contribution is -2.09. The molecule has 19 heavy (non-hydrogen) atoms. The fraction of sp³-hybridized carbons (Fsp3) is 0.0833. The van der Waals surface area contributed by atoms with Crippen molar-refractivity contribution in [2.75, 3.05) is 0 Å². The van der Waals surface area contributed by atoms with E-state index in [2.05, 4.69) is 4.98 Å². The van der Waals surface area contributed by atoms with E-state index in [9.17, 15) is 17.6 Å². The van der Waals surface area contributed by atoms with Crippen molar-refractivity contribution < 1.29 is 17.6 Å². The Kier molecular flexibility index (Phi) is 3.69. The zero-order valence-corrected chi connectivity index (χ0v) is 10.6. The average Bonchev–Trinajstić information content (AvgIpc) is 2.32. The lowest BCUT2D eigenvalue weighted by molar-refractivity contribution is -0.141. The first-order chi connectivity index (χ1) is 8.80. The third-order valence-corrected chi connectivity index (χ3v) is 3.16. The molecule has 0 spiro atoms. The molecule has 2 rings (SSSR count). The monoisotopic (exact) mass is 309 g/mol. The molecule has 0 saturated carbocycles. The molecule has 1 aromatic heterocycles. The maximum Gasteiger partial charge on any atom is 0.433 e. The van der Waals surface area contributed by atoms with Crippen LogP contribution in [0.2, 0.25) is 10.0 Å². The molecule has 7 heteroatoms. The Morgan fingerprint density at radius 3 is 2.32 bits per heavy atom. The lowest BCUT2D eigenvalue weighted by Gasteiger charge is -2.10. The van der Waals surface area contributed by atoms with Gasteiger partial charge < -0.3 is 0 Å². The van der Waals surface area contributed by atoms with Crippen molar-refractivity contribution in [3.05, 3.63) is 51.9 Å². The van der Waals surface area contributed by atoms with E-state index in [-0.39, 0.29) is 15.6 Å². The minimum Gasteiger partial charge on any atom is -0.240 e. The number of halogens is 6. The topological polar surface area (TPSA) is 12.9 Å². The molecule has 0 saturated heterocycles. The zero-order chi connectivity index (χ0) is 14.2. The summed E-state index contributed by atoms with van der Waals surface area (Å²) in [6.07, 6.45) is -4.66. The number of hydrogen-bond acceptors (Lipinski definition) is 1. The van der Waals surface area contributed by atoms with Crippen LogP contribution in [-0.4, -0.2) is 4.98 Å². The normalized spacial score (nSPS) is 11.7. The third-order valence-electron chi connectivity index (χ3n) is 2.34. The average molecular weight is 310 g/mol. The standard InChI is InChI=1S/C12H5Cl2F4N/c13-7-3-1-2-6(10(7)14)11-8(15)4-5-9(19-11)12(16,17)18/h1-5H. The number of aromatic nitrogens is 1. The molecule has 0 unspecified atom stereocenters. The van der Waals surface area contributed by atoms with E-state index in [0.29, 0.717) is 12.1 Å². The molecule has 0 aliphatic carbocycles. The molecular weight excluding hydrogens is 305 g/mol. The van der Waals surface area contributed by atoms with Gasteiger partial charge in [-0.15, -0.1) is 0 Å². The van der Waals surface area contributed by atoms with Crippen molar-refractivity contribution in [1.29, 1.82) is 0 Å². The van der Waals surface area contributed by atoms with Crippen LogP contribution in [0.15, 0.2) is 30.3 Å². The fourth-order valence-electron chi connectivity index (χ4n) is 1.48. The Hall–Kier alpha value is -1.33. The number of pyridine rings is 1. The van der Waals surface area contributed by atoms with E-state index in [1.807, 2.05) is 0 Å². The summed E-state index contributed by atoms with van der Waals surface area (Å²) in [5.74, 6) is -0.905. The van der Waals surface area contributed by atoms with Gasteiger partial charge in [0.25, 0.3) is 0 Å². The van der Waals surface area contributed by atoms with Crippen LogP contribution < -0.4 is 0 Å². The van der Waals surface area contributed by atoms with E-state index >= 15 is 0 Å². The van der Waals surface area contributed by atoms with Gasteiger partial charge in [0.1, 0.15) is 17.2 Å². The molecule has 0 aliphatic heterocycles. The SMILES string of the molecule is Fc1ccc(C(F)(F)F)nc1-c1cccc(Cl)c1Cl. The van der Waals surface area contributed by atoms with Gasteiger partial charge in [-0.3, -0.25) is 0 Å². The molecule has 0 bridgehead atoms. The van der Waals surface area contributed by atoms with Crippen molar-refractivity contribution in [1.82, 2.24) is 4.98 Å². The summed E-state index contributed by atoms with van der Waals surface area (Å²) in [5.41, 5.74) is -1.67. The second-order valence-corrected chi connectivity index (χ2v) is 4.41. The Labute approximate surface area is 115 Å². The number of rotatable bonds is 1. The van der Waals surface area contributed by atoms with E-state index in [1.165, 1.54) is 18.2 Å². The summed E-state index contributed by atoms with van der Waals surface area (Å²) in [5, 5.41) is 0.0627. The largest absolute Gasteiger partial charge is 0.433 e. The maximum absolute atomic E-state index is 13.6. The Balaban J connectivity index is 2.65. The van der Waals surface area contributed by atoms with Gasteiger partial charge >= 0.3 is 6.18 Å². The molecule has 0 N–H and O–H groups in total. The first-order valence-corrected chi connectivity index (χ1v) is 5.74. The van der Waals surface area contributed by atoms with E-state index in [1.54, 1.807) is 0 Å². The number of benzene rings is 1. The van der Waals surface area contributed by atoms with E-state index < -0.39 is 23.4 Å². The summed E-state index contributed by atoms with van der Waals surface area (Å²) in [6.45, 7) is 0. The molecule has 0 amide bonds. The lowest BCUT2D eigenvalue weighted by atomic mass is 10.1. The van der Waals surface area contributed by atoms with Crippen molar-refractivity contribution in [3.8, 4) is 11.3 Å². The van der Waals surface area contributed by atoms with Crippen LogP contribution >= 0.6 is 23.2 Å². The predicted molar refractivity (Wildman–Crippen MR) is 64.7 cm³/mol. The van der Waals surface area contributed by atoms with Gasteiger partial charge in [0.05, 0.1) is 10.0 Å². The maximum atomic E-state index is 13.6. The summed E-state index contributed by atoms with van der Waals surface area (Å²) in [4.78, 5) is 3.27. The second kappa shape index (κ2) is 4.98. The van der Waals surface area contributed by atoms with Crippen LogP contribution in [0.5, 0.6) is 0 Å². The van der Waals surface area contributed by atoms with Gasteiger partial charge in [0.2, 0.25) is 0 Å². The van der Waals surface area contributed by atoms with Gasteiger partial charge in [-0.1, -0.05) is 35.3 Å². The minimum absolute atomic E-state index is 0.0118. The summed E-state index contributed by atoms with van der Waals surface area (Å²) < 4.78 is 51.3. The first kappa shape index (κ1) is 14.1. The van der Waals surface area contributed by atoms with Crippen molar-refractivity contribution in [3.63, 3.8) is 0 Å².